The topological polar surface area (TPSA) is 48.0 Å². The number of nitrogens with zero attached hydrogens (tertiary/aromatic N) is 1. The number of fused-ring (bicyclic) bond motifs is 1. The first-order valence-corrected chi connectivity index (χ1v) is 6.30. The summed E-state index contributed by atoms with van der Waals surface area (Å²) in [5, 5.41) is 1.09. The van der Waals surface area contributed by atoms with Crippen LogP contribution in [-0.2, 0) is 0 Å². The molecule has 0 bridgehead atoms. The Morgan fingerprint density at radius 1 is 1.15 bits per heavy atom. The van der Waals surface area contributed by atoms with Crippen LogP contribution in [0, 0.1) is 5.82 Å². The summed E-state index contributed by atoms with van der Waals surface area (Å²) < 4.78 is 14.6. The van der Waals surface area contributed by atoms with Crippen molar-refractivity contribution in [1.82, 2.24) is 4.57 Å². The van der Waals surface area contributed by atoms with Crippen LogP contribution in [0.25, 0.3) is 10.9 Å². The lowest BCUT2D eigenvalue weighted by Gasteiger charge is -2.07. The number of carbonyl (C=O) groups is 1. The minimum Gasteiger partial charge on any atom is -0.398 e. The fourth-order valence-corrected chi connectivity index (χ4v) is 2.31. The van der Waals surface area contributed by atoms with E-state index in [9.17, 15) is 9.18 Å². The lowest BCUT2D eigenvalue weighted by Crippen LogP contribution is -2.12. The Morgan fingerprint density at radius 2 is 1.95 bits per heavy atom. The van der Waals surface area contributed by atoms with Crippen molar-refractivity contribution in [1.29, 1.82) is 0 Å². The van der Waals surface area contributed by atoms with Crippen LogP contribution < -0.4 is 5.73 Å². The Balaban J connectivity index is 2.15. The number of hydrogen-bond acceptors (Lipinski definition) is 2. The van der Waals surface area contributed by atoms with Crippen LogP contribution in [-0.4, -0.2) is 10.5 Å². The largest absolute Gasteiger partial charge is 0.398 e. The molecule has 0 aliphatic heterocycles. The number of halogens is 2. The third kappa shape index (κ3) is 2.04. The summed E-state index contributed by atoms with van der Waals surface area (Å²) in [6.45, 7) is 0. The van der Waals surface area contributed by atoms with Crippen molar-refractivity contribution < 1.29 is 9.18 Å². The normalized spacial score (nSPS) is 10.9. The Labute approximate surface area is 119 Å². The quantitative estimate of drug-likeness (QED) is 0.694. The van der Waals surface area contributed by atoms with Gasteiger partial charge in [-0.2, -0.15) is 0 Å². The van der Waals surface area contributed by atoms with Gasteiger partial charge in [-0.25, -0.2) is 4.39 Å². The van der Waals surface area contributed by atoms with E-state index in [0.717, 1.165) is 0 Å². The highest BCUT2D eigenvalue weighted by Crippen LogP contribution is 2.22. The van der Waals surface area contributed by atoms with Gasteiger partial charge in [-0.1, -0.05) is 11.6 Å². The van der Waals surface area contributed by atoms with E-state index in [2.05, 4.69) is 0 Å². The molecule has 0 atom stereocenters. The number of nitrogens with two attached hydrogens (primary N) is 1. The van der Waals surface area contributed by atoms with Crippen LogP contribution >= 0.6 is 11.6 Å². The molecule has 3 nitrogen and oxygen atoms in total. The third-order valence-electron chi connectivity index (χ3n) is 3.12. The highest BCUT2D eigenvalue weighted by Gasteiger charge is 2.15. The molecule has 3 aromatic rings. The fourth-order valence-electron chi connectivity index (χ4n) is 2.13. The van der Waals surface area contributed by atoms with Gasteiger partial charge in [0.2, 0.25) is 0 Å². The van der Waals surface area contributed by atoms with Crippen molar-refractivity contribution in [3.8, 4) is 0 Å². The van der Waals surface area contributed by atoms with Crippen molar-refractivity contribution in [2.24, 2.45) is 0 Å². The second-order valence-electron chi connectivity index (χ2n) is 4.43. The Bertz CT molecular complexity index is 826. The van der Waals surface area contributed by atoms with Gasteiger partial charge in [0.15, 0.2) is 0 Å². The van der Waals surface area contributed by atoms with Gasteiger partial charge in [-0.05, 0) is 42.5 Å². The number of aromatic nitrogens is 1. The molecule has 2 aromatic carbocycles. The second-order valence-corrected chi connectivity index (χ2v) is 4.86. The van der Waals surface area contributed by atoms with E-state index in [1.54, 1.807) is 30.5 Å². The number of benzene rings is 2. The van der Waals surface area contributed by atoms with E-state index in [0.29, 0.717) is 27.2 Å². The van der Waals surface area contributed by atoms with Gasteiger partial charge in [-0.15, -0.1) is 0 Å². The van der Waals surface area contributed by atoms with Crippen molar-refractivity contribution in [3.05, 3.63) is 65.1 Å². The highest BCUT2D eigenvalue weighted by atomic mass is 35.5. The molecule has 0 saturated heterocycles. The van der Waals surface area contributed by atoms with E-state index < -0.39 is 0 Å². The standard InChI is InChI=1S/C15H10ClFN2O/c16-10-1-3-13(18)12(8-10)15(20)19-6-5-9-7-11(17)2-4-14(9)19/h1-8H,18H2. The maximum absolute atomic E-state index is 13.2. The van der Waals surface area contributed by atoms with E-state index in [-0.39, 0.29) is 11.7 Å². The van der Waals surface area contributed by atoms with E-state index in [1.807, 2.05) is 0 Å². The molecule has 1 aromatic heterocycles. The molecule has 5 heteroatoms. The van der Waals surface area contributed by atoms with Crippen LogP contribution in [0.2, 0.25) is 5.02 Å². The Morgan fingerprint density at radius 3 is 2.75 bits per heavy atom. The summed E-state index contributed by atoms with van der Waals surface area (Å²) in [5.41, 5.74) is 7.10. The smallest absolute Gasteiger partial charge is 0.264 e. The van der Waals surface area contributed by atoms with Gasteiger partial charge in [0.1, 0.15) is 5.82 Å². The molecule has 1 heterocycles. The van der Waals surface area contributed by atoms with Crippen LogP contribution in [0.5, 0.6) is 0 Å². The number of nitrogen functional groups attached to an aromatic ring is 1. The molecule has 0 aliphatic carbocycles. The minimum atomic E-state index is -0.343. The van der Waals surface area contributed by atoms with E-state index in [4.69, 9.17) is 17.3 Å². The fraction of sp³-hybridized carbons (Fsp3) is 0. The van der Waals surface area contributed by atoms with Crippen molar-refractivity contribution >= 4 is 34.1 Å². The summed E-state index contributed by atoms with van der Waals surface area (Å²) >= 11 is 5.89. The van der Waals surface area contributed by atoms with Gasteiger partial charge < -0.3 is 5.73 Å². The molecule has 0 aliphatic rings. The molecular weight excluding hydrogens is 279 g/mol. The number of rotatable bonds is 1. The van der Waals surface area contributed by atoms with E-state index >= 15 is 0 Å². The van der Waals surface area contributed by atoms with Gasteiger partial charge in [0.25, 0.3) is 5.91 Å². The first kappa shape index (κ1) is 12.7. The molecule has 0 radical (unpaired) electrons. The molecule has 20 heavy (non-hydrogen) atoms. The zero-order valence-electron chi connectivity index (χ0n) is 10.3. The van der Waals surface area contributed by atoms with Crippen LogP contribution in [0.3, 0.4) is 0 Å². The van der Waals surface area contributed by atoms with Crippen LogP contribution in [0.1, 0.15) is 10.4 Å². The molecule has 2 N–H and O–H groups in total. The van der Waals surface area contributed by atoms with E-state index in [1.165, 1.54) is 22.8 Å². The van der Waals surface area contributed by atoms with Gasteiger partial charge in [-0.3, -0.25) is 9.36 Å². The Hall–Kier alpha value is -2.33. The van der Waals surface area contributed by atoms with Crippen LogP contribution in [0.4, 0.5) is 10.1 Å². The lowest BCUT2D eigenvalue weighted by atomic mass is 10.1. The van der Waals surface area contributed by atoms with Crippen molar-refractivity contribution in [3.63, 3.8) is 0 Å². The average molecular weight is 289 g/mol. The molecule has 3 rings (SSSR count). The van der Waals surface area contributed by atoms with Gasteiger partial charge >= 0.3 is 0 Å². The first-order valence-electron chi connectivity index (χ1n) is 5.92. The maximum Gasteiger partial charge on any atom is 0.264 e. The summed E-state index contributed by atoms with van der Waals surface area (Å²) in [7, 11) is 0. The number of anilines is 1. The SMILES string of the molecule is Nc1ccc(Cl)cc1C(=O)n1ccc2cc(F)ccc21. The zero-order valence-corrected chi connectivity index (χ0v) is 11.1. The molecule has 100 valence electrons. The molecular formula is C15H10ClFN2O. The number of hydrogen-bond donors (Lipinski definition) is 1. The summed E-state index contributed by atoms with van der Waals surface area (Å²) in [6, 6.07) is 10.7. The maximum atomic E-state index is 13.2. The first-order chi connectivity index (χ1) is 9.56. The monoisotopic (exact) mass is 288 g/mol. The predicted octanol–water partition coefficient (Wildman–Crippen LogP) is 3.70. The summed E-state index contributed by atoms with van der Waals surface area (Å²) in [4.78, 5) is 12.5. The predicted molar refractivity (Wildman–Crippen MR) is 77.5 cm³/mol. The minimum absolute atomic E-state index is 0.299. The summed E-state index contributed by atoms with van der Waals surface area (Å²) in [6.07, 6.45) is 1.59. The van der Waals surface area contributed by atoms with Crippen molar-refractivity contribution in [2.45, 2.75) is 0 Å². The number of carbonyl (C=O) groups excluding carboxylic acids is 1. The zero-order chi connectivity index (χ0) is 14.3. The van der Waals surface area contributed by atoms with Crippen LogP contribution in [0.15, 0.2) is 48.7 Å². The molecule has 0 amide bonds. The lowest BCUT2D eigenvalue weighted by molar-refractivity contribution is 0.0966. The van der Waals surface area contributed by atoms with Gasteiger partial charge in [0.05, 0.1) is 11.1 Å². The summed E-state index contributed by atoms with van der Waals surface area (Å²) in [5.74, 6) is -0.642. The molecule has 0 spiro atoms. The average Bonchev–Trinajstić information content (AvgIpc) is 2.83. The Kier molecular flexibility index (Phi) is 2.95. The van der Waals surface area contributed by atoms with Crippen molar-refractivity contribution in [2.75, 3.05) is 5.73 Å². The second kappa shape index (κ2) is 4.65. The van der Waals surface area contributed by atoms with Gasteiger partial charge in [0, 0.05) is 22.3 Å². The third-order valence-corrected chi connectivity index (χ3v) is 3.35. The highest BCUT2D eigenvalue weighted by molar-refractivity contribution is 6.31. The molecule has 0 fully saturated rings. The molecule has 0 unspecified atom stereocenters. The molecule has 0 saturated carbocycles.